The molecule has 0 heterocycles. The number of guanidine groups is 3. The molecule has 0 saturated heterocycles. The zero-order chi connectivity index (χ0) is 88.5. The van der Waals surface area contributed by atoms with E-state index >= 15 is 0 Å². The fraction of sp³-hybridized carbons (Fsp3) is 0.687. The van der Waals surface area contributed by atoms with Crippen LogP contribution in [0.25, 0.3) is 0 Å². The number of nitrogens with zero attached hydrogens (tertiary/aromatic N) is 3. The highest BCUT2D eigenvalue weighted by molar-refractivity contribution is 7.99. The minimum Gasteiger partial charge on any atom is -0.481 e. The Morgan fingerprint density at radius 3 is 0.871 bits per heavy atom. The van der Waals surface area contributed by atoms with Crippen LogP contribution in [-0.2, 0) is 86.3 Å². The lowest BCUT2D eigenvalue weighted by molar-refractivity contribution is -0.142. The van der Waals surface area contributed by atoms with Gasteiger partial charge in [-0.05, 0) is 147 Å². The molecule has 0 fully saturated rings. The molecule has 0 unspecified atom stereocenters. The molecule has 0 aromatic carbocycles. The van der Waals surface area contributed by atoms with Gasteiger partial charge in [0, 0.05) is 38.9 Å². The van der Waals surface area contributed by atoms with E-state index in [9.17, 15) is 107 Å². The highest BCUT2D eigenvalue weighted by Crippen LogP contribution is 2.13. The molecule has 0 aromatic heterocycles. The highest BCUT2D eigenvalue weighted by Gasteiger charge is 2.37. The van der Waals surface area contributed by atoms with Gasteiger partial charge in [0.1, 0.15) is 78.5 Å². The second-order valence-corrected chi connectivity index (χ2v) is 29.8. The van der Waals surface area contributed by atoms with Crippen LogP contribution in [0.4, 0.5) is 0 Å². The number of carbonyl (C=O) groups excluding carboxylic acids is 14. The molecule has 116 heavy (non-hydrogen) atoms. The first-order valence-electron chi connectivity index (χ1n) is 36.9. The van der Waals surface area contributed by atoms with E-state index < -0.39 is 242 Å². The molecule has 46 nitrogen and oxygen atoms in total. The number of carboxylic acids is 4. The van der Waals surface area contributed by atoms with E-state index in [0.717, 1.165) is 0 Å². The SMILES string of the molecule is CSCC[C@H](NC(=O)CNC(=O)[C@H](CCCN=C(N)N)NC(=O)[C@@H](NC(=O)[C@H](CCC(=O)O)NC(=O)[C@H](CCSC)NC(=O)[C@H](C)NC(=O)[C@H](CCCN=C(N)N)NC(=O)[C@H](C)NC(=O)[C@H](CCC(=O)O)NC(=O)[C@H](CCSC)NC(=O)[C@H](C)N)C(C)C)C(=O)N[C@@H](CCC(=O)O)C(=O)N[C@@H](C)C(=O)N[C@@H](CCCN=C(N)N)C(=O)O. The van der Waals surface area contributed by atoms with Crippen LogP contribution in [0.15, 0.2) is 15.0 Å². The Bertz CT molecular complexity index is 3420. The summed E-state index contributed by atoms with van der Waals surface area (Å²) in [7, 11) is 0. The number of aliphatic carboxylic acids is 4. The fourth-order valence-electron chi connectivity index (χ4n) is 10.2. The third kappa shape index (κ3) is 45.4. The summed E-state index contributed by atoms with van der Waals surface area (Å²) in [4.78, 5) is 251. The topological polar surface area (TPSA) is 776 Å². The van der Waals surface area contributed by atoms with Crippen LogP contribution in [0.3, 0.4) is 0 Å². The number of nitrogens with two attached hydrogens (primary N) is 7. The molecular formula is C67H118N24O22S3. The first kappa shape index (κ1) is 105. The zero-order valence-electron chi connectivity index (χ0n) is 66.5. The summed E-state index contributed by atoms with van der Waals surface area (Å²) in [5, 5.41) is 72.4. The van der Waals surface area contributed by atoms with E-state index in [1.807, 2.05) is 0 Å². The molecule has 32 N–H and O–H groups in total. The van der Waals surface area contributed by atoms with Crippen LogP contribution >= 0.6 is 35.3 Å². The molecule has 0 aliphatic heterocycles. The summed E-state index contributed by atoms with van der Waals surface area (Å²) < 4.78 is 0. The van der Waals surface area contributed by atoms with Crippen LogP contribution in [0.1, 0.15) is 138 Å². The largest absolute Gasteiger partial charge is 0.481 e. The van der Waals surface area contributed by atoms with E-state index in [-0.39, 0.29) is 107 Å². The van der Waals surface area contributed by atoms with Crippen molar-refractivity contribution in [2.45, 2.75) is 222 Å². The quantitative estimate of drug-likeness (QED) is 0.0153. The Morgan fingerprint density at radius 2 is 0.569 bits per heavy atom. The number of hydrogen-bond donors (Lipinski definition) is 25. The average molecular weight is 1710 g/mol. The van der Waals surface area contributed by atoms with Gasteiger partial charge < -0.3 is 135 Å². The van der Waals surface area contributed by atoms with E-state index in [1.165, 1.54) is 76.8 Å². The van der Waals surface area contributed by atoms with Crippen LogP contribution in [0, 0.1) is 5.92 Å². The van der Waals surface area contributed by atoms with Crippen molar-refractivity contribution in [1.82, 2.24) is 74.4 Å². The normalized spacial score (nSPS) is 14.5. The molecule has 0 aromatic rings. The molecule has 0 radical (unpaired) electrons. The van der Waals surface area contributed by atoms with Crippen molar-refractivity contribution < 1.29 is 107 Å². The molecular weight excluding hydrogens is 1590 g/mol. The van der Waals surface area contributed by atoms with Crippen molar-refractivity contribution in [3.05, 3.63) is 0 Å². The van der Waals surface area contributed by atoms with Crippen LogP contribution < -0.4 is 115 Å². The minimum absolute atomic E-state index is 0.0157. The molecule has 0 spiro atoms. The van der Waals surface area contributed by atoms with Gasteiger partial charge in [-0.3, -0.25) is 96.5 Å². The molecule has 0 aliphatic carbocycles. The Morgan fingerprint density at radius 1 is 0.310 bits per heavy atom. The molecule has 0 bridgehead atoms. The predicted octanol–water partition coefficient (Wildman–Crippen LogP) is -8.43. The van der Waals surface area contributed by atoms with E-state index in [0.29, 0.717) is 5.75 Å². The molecule has 656 valence electrons. The molecule has 0 rings (SSSR count). The van der Waals surface area contributed by atoms with Crippen molar-refractivity contribution in [1.29, 1.82) is 0 Å². The van der Waals surface area contributed by atoms with Gasteiger partial charge in [0.25, 0.3) is 0 Å². The summed E-state index contributed by atoms with van der Waals surface area (Å²) in [6.07, 6.45) is 1.06. The number of aliphatic imine (C=N–C) groups is 3. The number of rotatable bonds is 60. The molecule has 14 amide bonds. The van der Waals surface area contributed by atoms with Crippen LogP contribution in [0.5, 0.6) is 0 Å². The maximum Gasteiger partial charge on any atom is 0.326 e. The summed E-state index contributed by atoms with van der Waals surface area (Å²) in [5.41, 5.74) is 38.3. The first-order valence-corrected chi connectivity index (χ1v) is 41.1. The zero-order valence-corrected chi connectivity index (χ0v) is 68.9. The van der Waals surface area contributed by atoms with Crippen molar-refractivity contribution in [3.63, 3.8) is 0 Å². The Kier molecular flexibility index (Phi) is 52.0. The van der Waals surface area contributed by atoms with E-state index in [4.69, 9.17) is 40.1 Å². The predicted molar refractivity (Wildman–Crippen MR) is 431 cm³/mol. The summed E-state index contributed by atoms with van der Waals surface area (Å²) in [5.74, 6) is -20.0. The molecule has 0 aliphatic rings. The third-order valence-corrected chi connectivity index (χ3v) is 18.6. The van der Waals surface area contributed by atoms with Gasteiger partial charge in [-0.15, -0.1) is 0 Å². The van der Waals surface area contributed by atoms with Gasteiger partial charge in [-0.2, -0.15) is 35.3 Å². The van der Waals surface area contributed by atoms with Gasteiger partial charge in [0.2, 0.25) is 82.7 Å². The third-order valence-electron chi connectivity index (χ3n) is 16.6. The minimum atomic E-state index is -1.74. The van der Waals surface area contributed by atoms with Crippen molar-refractivity contribution in [2.24, 2.45) is 61.0 Å². The van der Waals surface area contributed by atoms with Gasteiger partial charge in [0.15, 0.2) is 17.9 Å². The average Bonchev–Trinajstić information content (AvgIpc) is 0.866. The maximum atomic E-state index is 14.3. The second kappa shape index (κ2) is 57.3. The maximum absolute atomic E-state index is 14.3. The monoisotopic (exact) mass is 1710 g/mol. The lowest BCUT2D eigenvalue weighted by Gasteiger charge is -2.28. The van der Waals surface area contributed by atoms with Crippen LogP contribution in [0.2, 0.25) is 0 Å². The van der Waals surface area contributed by atoms with Gasteiger partial charge in [0.05, 0.1) is 12.6 Å². The number of hydrogen-bond acceptors (Lipinski definition) is 25. The number of amides is 14. The van der Waals surface area contributed by atoms with Crippen molar-refractivity contribution in [3.8, 4) is 0 Å². The highest BCUT2D eigenvalue weighted by atomic mass is 32.2. The lowest BCUT2D eigenvalue weighted by Crippen LogP contribution is -2.60. The first-order chi connectivity index (χ1) is 54.4. The van der Waals surface area contributed by atoms with Crippen molar-refractivity contribution >= 4 is 160 Å². The summed E-state index contributed by atoms with van der Waals surface area (Å²) >= 11 is 3.84. The number of nitrogens with one attached hydrogen (secondary N) is 14. The number of thioether (sulfide) groups is 3. The Balaban J connectivity index is 6.83. The van der Waals surface area contributed by atoms with Gasteiger partial charge in [-0.1, -0.05) is 13.8 Å². The molecule has 0 saturated carbocycles. The summed E-state index contributed by atoms with van der Waals surface area (Å²) in [6.45, 7) is 7.06. The molecule has 14 atom stereocenters. The fourth-order valence-corrected chi connectivity index (χ4v) is 11.6. The van der Waals surface area contributed by atoms with E-state index in [2.05, 4.69) is 89.4 Å². The van der Waals surface area contributed by atoms with Crippen LogP contribution in [-0.4, -0.2) is 292 Å². The standard InChI is InChI=1S/C67H118N24O22S3/c1-32(2)50(63(111)89-37(13-10-25-75-65(69)70)55(103)78-31-46(92)82-42(22-28-114-7)59(107)86-39(16-19-47(93)94)57(105)81-36(6)54(102)90-45(64(112)113)15-12-27-77-67(73)74)91-62(110)41(18-21-49(97)98)88-61(109)44(24-30-116-9)85-53(101)35(5)79-56(104)38(14-11-26-76-66(71)72)84-52(100)34(4)80-58(106)40(17-20-48(95)96)87-60(108)43(23-29-115-8)83-51(99)33(3)68/h32-45,50H,10-31,68H2,1-9H3,(H,78,103)(H,79,104)(H,80,106)(H,81,105)(H,82,92)(H,83,99)(H,84,100)(H,85,101)(H,86,107)(H,87,108)(H,88,109)(H,89,111)(H,90,102)(H,91,110)(H,93,94)(H,95,96)(H,97,98)(H,112,113)(H4,69,70,75)(H4,71,72,76)(H4,73,74,77)/t33-,34-,35-,36-,37-,38-,39-,40-,41-,42-,43-,44-,45-,50-/m0/s1. The second-order valence-electron chi connectivity index (χ2n) is 26.9. The molecule has 49 heteroatoms. The lowest BCUT2D eigenvalue weighted by atomic mass is 10.0. The van der Waals surface area contributed by atoms with Gasteiger partial charge in [-0.25, -0.2) is 4.79 Å². The number of carbonyl (C=O) groups is 18. The summed E-state index contributed by atoms with van der Waals surface area (Å²) in [6, 6.07) is -20.5. The van der Waals surface area contributed by atoms with Gasteiger partial charge >= 0.3 is 23.9 Å². The van der Waals surface area contributed by atoms with Crippen molar-refractivity contribution in [2.75, 3.05) is 62.2 Å². The number of carboxylic acid groups (broad SMARTS) is 4. The Labute approximate surface area is 683 Å². The Hall–Kier alpha value is -10.7. The van der Waals surface area contributed by atoms with E-state index in [1.54, 1.807) is 18.8 Å². The smallest absolute Gasteiger partial charge is 0.326 e.